The maximum Gasteiger partial charge on any atom is 0.223 e. The Kier molecular flexibility index (Phi) is 9.52. The third kappa shape index (κ3) is 5.72. The molecule has 25 heavy (non-hydrogen) atoms. The first-order chi connectivity index (χ1) is 11.0. The van der Waals surface area contributed by atoms with Crippen molar-refractivity contribution in [1.29, 1.82) is 0 Å². The molecule has 3 N–H and O–H groups in total. The Morgan fingerprint density at radius 2 is 1.80 bits per heavy atom. The van der Waals surface area contributed by atoms with Crippen molar-refractivity contribution < 1.29 is 4.79 Å². The molecule has 4 unspecified atom stereocenters. The molecule has 1 aliphatic heterocycles. The van der Waals surface area contributed by atoms with Crippen LogP contribution in [0.2, 0.25) is 0 Å². The third-order valence-electron chi connectivity index (χ3n) is 6.67. The van der Waals surface area contributed by atoms with Gasteiger partial charge in [-0.15, -0.1) is 24.8 Å². The molecular weight excluding hydrogens is 357 g/mol. The van der Waals surface area contributed by atoms with Crippen molar-refractivity contribution >= 4 is 30.7 Å². The summed E-state index contributed by atoms with van der Waals surface area (Å²) in [6.07, 6.45) is 8.43. The van der Waals surface area contributed by atoms with Crippen LogP contribution in [0, 0.1) is 23.7 Å². The lowest BCUT2D eigenvalue weighted by atomic mass is 9.65. The Labute approximate surface area is 165 Å². The van der Waals surface area contributed by atoms with Crippen molar-refractivity contribution in [1.82, 2.24) is 10.2 Å². The number of piperidine rings is 1. The predicted molar refractivity (Wildman–Crippen MR) is 108 cm³/mol. The van der Waals surface area contributed by atoms with Gasteiger partial charge in [0.1, 0.15) is 0 Å². The molecule has 1 heterocycles. The van der Waals surface area contributed by atoms with E-state index in [4.69, 9.17) is 5.73 Å². The molecule has 1 saturated heterocycles. The summed E-state index contributed by atoms with van der Waals surface area (Å²) in [6, 6.07) is 0.800. The minimum atomic E-state index is 0. The average molecular weight is 394 g/mol. The van der Waals surface area contributed by atoms with Crippen LogP contribution in [0.25, 0.3) is 0 Å². The number of rotatable bonds is 4. The van der Waals surface area contributed by atoms with Crippen LogP contribution in [-0.4, -0.2) is 42.5 Å². The van der Waals surface area contributed by atoms with E-state index in [0.717, 1.165) is 25.3 Å². The standard InChI is InChI=1S/C19H35N3O.2ClH/c1-13-5-4-8-22(12-13)14(2)11-21-19(23)17-9-15-6-3-7-16(10-17)18(15)20;;/h13-18H,3-12,20H2,1-2H3,(H,21,23);2*1H. The van der Waals surface area contributed by atoms with Crippen LogP contribution in [0.5, 0.6) is 0 Å². The molecule has 1 amide bonds. The van der Waals surface area contributed by atoms with Gasteiger partial charge in [0.25, 0.3) is 0 Å². The van der Waals surface area contributed by atoms with Gasteiger partial charge in [-0.05, 0) is 69.7 Å². The number of hydrogen-bond donors (Lipinski definition) is 2. The number of fused-ring (bicyclic) bond motifs is 2. The van der Waals surface area contributed by atoms with E-state index in [2.05, 4.69) is 24.1 Å². The lowest BCUT2D eigenvalue weighted by molar-refractivity contribution is -0.128. The molecule has 2 aliphatic carbocycles. The highest BCUT2D eigenvalue weighted by Crippen LogP contribution is 2.41. The van der Waals surface area contributed by atoms with E-state index < -0.39 is 0 Å². The third-order valence-corrected chi connectivity index (χ3v) is 6.67. The second-order valence-electron chi connectivity index (χ2n) is 8.53. The smallest absolute Gasteiger partial charge is 0.223 e. The van der Waals surface area contributed by atoms with Crippen LogP contribution < -0.4 is 11.1 Å². The SMILES string of the molecule is CC1CCCN(C(C)CNC(=O)C2CC3CCCC(C2)C3N)C1.Cl.Cl. The van der Waals surface area contributed by atoms with Crippen LogP contribution in [0.1, 0.15) is 58.8 Å². The molecule has 2 bridgehead atoms. The molecule has 4 nitrogen and oxygen atoms in total. The van der Waals surface area contributed by atoms with Crippen molar-refractivity contribution in [2.24, 2.45) is 29.4 Å². The first-order valence-electron chi connectivity index (χ1n) is 9.82. The highest BCUT2D eigenvalue weighted by atomic mass is 35.5. The van der Waals surface area contributed by atoms with Gasteiger partial charge in [0.2, 0.25) is 5.91 Å². The monoisotopic (exact) mass is 393 g/mol. The molecular formula is C19H37Cl2N3O. The van der Waals surface area contributed by atoms with Gasteiger partial charge < -0.3 is 11.1 Å². The van der Waals surface area contributed by atoms with Gasteiger partial charge in [-0.3, -0.25) is 9.69 Å². The summed E-state index contributed by atoms with van der Waals surface area (Å²) in [5.74, 6) is 2.45. The highest BCUT2D eigenvalue weighted by Gasteiger charge is 2.40. The molecule has 6 heteroatoms. The van der Waals surface area contributed by atoms with E-state index >= 15 is 0 Å². The van der Waals surface area contributed by atoms with Crippen LogP contribution in [0.3, 0.4) is 0 Å². The molecule has 3 rings (SSSR count). The first-order valence-corrected chi connectivity index (χ1v) is 9.82. The molecule has 2 saturated carbocycles. The number of amides is 1. The number of halogens is 2. The molecule has 0 aromatic heterocycles. The van der Waals surface area contributed by atoms with Crippen molar-refractivity contribution in [3.63, 3.8) is 0 Å². The van der Waals surface area contributed by atoms with Crippen molar-refractivity contribution in [2.75, 3.05) is 19.6 Å². The minimum Gasteiger partial charge on any atom is -0.354 e. The van der Waals surface area contributed by atoms with Crippen molar-refractivity contribution in [2.45, 2.75) is 70.9 Å². The quantitative estimate of drug-likeness (QED) is 0.770. The summed E-state index contributed by atoms with van der Waals surface area (Å²) < 4.78 is 0. The number of carbonyl (C=O) groups excluding carboxylic acids is 1. The topological polar surface area (TPSA) is 58.4 Å². The molecule has 0 aromatic carbocycles. The van der Waals surface area contributed by atoms with Crippen LogP contribution >= 0.6 is 24.8 Å². The fourth-order valence-corrected chi connectivity index (χ4v) is 5.15. The zero-order valence-electron chi connectivity index (χ0n) is 15.8. The predicted octanol–water partition coefficient (Wildman–Crippen LogP) is 3.22. The van der Waals surface area contributed by atoms with E-state index in [1.54, 1.807) is 0 Å². The largest absolute Gasteiger partial charge is 0.354 e. The van der Waals surface area contributed by atoms with Gasteiger partial charge in [-0.1, -0.05) is 13.3 Å². The van der Waals surface area contributed by atoms with Crippen molar-refractivity contribution in [3.8, 4) is 0 Å². The Morgan fingerprint density at radius 1 is 1.16 bits per heavy atom. The summed E-state index contributed by atoms with van der Waals surface area (Å²) in [4.78, 5) is 15.2. The Balaban J connectivity index is 0.00000156. The van der Waals surface area contributed by atoms with Crippen LogP contribution in [0.15, 0.2) is 0 Å². The average Bonchev–Trinajstić information content (AvgIpc) is 2.52. The van der Waals surface area contributed by atoms with E-state index in [0.29, 0.717) is 23.9 Å². The Hall–Kier alpha value is -0.0300. The summed E-state index contributed by atoms with van der Waals surface area (Å²) >= 11 is 0. The normalized spacial score (nSPS) is 36.5. The van der Waals surface area contributed by atoms with Gasteiger partial charge in [0.05, 0.1) is 0 Å². The maximum atomic E-state index is 12.6. The Morgan fingerprint density at radius 3 is 2.40 bits per heavy atom. The molecule has 148 valence electrons. The highest BCUT2D eigenvalue weighted by molar-refractivity contribution is 5.85. The van der Waals surface area contributed by atoms with Crippen LogP contribution in [-0.2, 0) is 4.79 Å². The number of nitrogens with one attached hydrogen (secondary N) is 1. The maximum absolute atomic E-state index is 12.6. The van der Waals surface area contributed by atoms with E-state index in [-0.39, 0.29) is 36.6 Å². The van der Waals surface area contributed by atoms with E-state index in [9.17, 15) is 4.79 Å². The number of hydrogen-bond acceptors (Lipinski definition) is 3. The molecule has 3 aliphatic rings. The molecule has 3 fully saturated rings. The zero-order valence-corrected chi connectivity index (χ0v) is 17.4. The van der Waals surface area contributed by atoms with Gasteiger partial charge in [-0.2, -0.15) is 0 Å². The Bertz CT molecular complexity index is 409. The first kappa shape index (κ1) is 23.0. The van der Waals surface area contributed by atoms with Gasteiger partial charge >= 0.3 is 0 Å². The second-order valence-corrected chi connectivity index (χ2v) is 8.53. The van der Waals surface area contributed by atoms with E-state index in [1.165, 1.54) is 45.2 Å². The molecule has 0 aromatic rings. The minimum absolute atomic E-state index is 0. The lowest BCUT2D eigenvalue weighted by Gasteiger charge is -2.43. The van der Waals surface area contributed by atoms with Gasteiger partial charge in [0, 0.05) is 31.1 Å². The van der Waals surface area contributed by atoms with Gasteiger partial charge in [-0.25, -0.2) is 0 Å². The summed E-state index contributed by atoms with van der Waals surface area (Å²) in [7, 11) is 0. The number of nitrogens with two attached hydrogens (primary N) is 1. The molecule has 0 radical (unpaired) electrons. The summed E-state index contributed by atoms with van der Waals surface area (Å²) in [5.41, 5.74) is 6.34. The summed E-state index contributed by atoms with van der Waals surface area (Å²) in [6.45, 7) is 7.75. The molecule has 0 spiro atoms. The fraction of sp³-hybridized carbons (Fsp3) is 0.947. The summed E-state index contributed by atoms with van der Waals surface area (Å²) in [5, 5.41) is 3.25. The zero-order chi connectivity index (χ0) is 16.4. The molecule has 4 atom stereocenters. The van der Waals surface area contributed by atoms with Crippen LogP contribution in [0.4, 0.5) is 0 Å². The van der Waals surface area contributed by atoms with Crippen molar-refractivity contribution in [3.05, 3.63) is 0 Å². The van der Waals surface area contributed by atoms with E-state index in [1.807, 2.05) is 0 Å². The lowest BCUT2D eigenvalue weighted by Crippen LogP contribution is -2.51. The van der Waals surface area contributed by atoms with Gasteiger partial charge in [0.15, 0.2) is 0 Å². The fourth-order valence-electron chi connectivity index (χ4n) is 5.15. The number of likely N-dealkylation sites (tertiary alicyclic amines) is 1. The number of nitrogens with zero attached hydrogens (tertiary/aromatic N) is 1. The number of carbonyl (C=O) groups is 1. The second kappa shape index (κ2) is 10.3.